The van der Waals surface area contributed by atoms with Crippen molar-refractivity contribution in [3.05, 3.63) is 70.5 Å². The van der Waals surface area contributed by atoms with Crippen molar-refractivity contribution >= 4 is 97.8 Å². The average Bonchev–Trinajstić information content (AvgIpc) is 2.95. The maximum absolute atomic E-state index is 5.90. The lowest BCUT2D eigenvalue weighted by Crippen LogP contribution is -2.27. The molecule has 3 rings (SSSR count). The molecule has 0 radical (unpaired) electrons. The number of hydrogen-bond acceptors (Lipinski definition) is 8. The van der Waals surface area contributed by atoms with E-state index in [1.807, 2.05) is 48.5 Å². The third kappa shape index (κ3) is 9.99. The van der Waals surface area contributed by atoms with Crippen LogP contribution in [0.1, 0.15) is 11.1 Å². The van der Waals surface area contributed by atoms with E-state index in [0.29, 0.717) is 39.6 Å². The van der Waals surface area contributed by atoms with Gasteiger partial charge in [-0.1, -0.05) is 24.3 Å². The quantitative estimate of drug-likeness (QED) is 0.100. The Balaban J connectivity index is 1.58. The summed E-state index contributed by atoms with van der Waals surface area (Å²) < 4.78 is 0.598. The summed E-state index contributed by atoms with van der Waals surface area (Å²) >= 11 is 27.1. The van der Waals surface area contributed by atoms with Crippen LogP contribution >= 0.6 is 62.3 Å². The molecule has 0 saturated heterocycles. The van der Waals surface area contributed by atoms with Gasteiger partial charge in [-0.05, 0) is 51.3 Å². The number of halogens is 5. The second kappa shape index (κ2) is 17.4. The minimum atomic E-state index is 0.494. The molecule has 0 aliphatic heterocycles. The number of rotatable bonds is 16. The molecule has 0 saturated carbocycles. The van der Waals surface area contributed by atoms with Crippen molar-refractivity contribution in [1.29, 1.82) is 0 Å². The molecule has 1 heterocycles. The first-order chi connectivity index (χ1) is 19.1. The number of hydrazone groups is 2. The molecule has 208 valence electrons. The van der Waals surface area contributed by atoms with Crippen molar-refractivity contribution < 1.29 is 0 Å². The standard InChI is InChI=1S/C26H29BrCl4N8/c27-24-25(36-34-17-20-1-5-22(6-2-20)38(13-9-28)14-10-29)32-19-33-26(24)37-35-18-21-3-7-23(8-4-21)39(15-11-30)16-12-31/h1-8,17-19H,9-16H2,(H2,32,33,36,37)/b34-17-,35-18+. The smallest absolute Gasteiger partial charge is 0.166 e. The largest absolute Gasteiger partial charge is 0.369 e. The van der Waals surface area contributed by atoms with Crippen molar-refractivity contribution in [3.8, 4) is 0 Å². The van der Waals surface area contributed by atoms with Gasteiger partial charge in [-0.25, -0.2) is 9.97 Å². The SMILES string of the molecule is ClCCN(CCCl)c1ccc(/C=N\Nc2ncnc(N/N=C/c3ccc(N(CCCl)CCCl)cc3)c2Br)cc1. The van der Waals surface area contributed by atoms with E-state index in [4.69, 9.17) is 46.4 Å². The molecule has 0 amide bonds. The fraction of sp³-hybridized carbons (Fsp3) is 0.308. The zero-order valence-corrected chi connectivity index (χ0v) is 25.7. The summed E-state index contributed by atoms with van der Waals surface area (Å²) in [6.45, 7) is 2.95. The first-order valence-electron chi connectivity index (χ1n) is 12.1. The molecule has 2 N–H and O–H groups in total. The number of anilines is 4. The highest BCUT2D eigenvalue weighted by molar-refractivity contribution is 9.10. The maximum Gasteiger partial charge on any atom is 0.166 e. The molecular formula is C26H29BrCl4N8. The second-order valence-electron chi connectivity index (χ2n) is 8.04. The Morgan fingerprint density at radius 1 is 0.641 bits per heavy atom. The molecule has 3 aromatic rings. The maximum atomic E-state index is 5.90. The van der Waals surface area contributed by atoms with Crippen LogP contribution in [0.15, 0.2) is 69.5 Å². The molecular weight excluding hydrogens is 646 g/mol. The minimum Gasteiger partial charge on any atom is -0.369 e. The van der Waals surface area contributed by atoms with Crippen molar-refractivity contribution in [2.75, 3.05) is 70.4 Å². The summed E-state index contributed by atoms with van der Waals surface area (Å²) in [4.78, 5) is 12.8. The molecule has 1 aromatic heterocycles. The number of benzene rings is 2. The first kappa shape index (κ1) is 31.2. The third-order valence-electron chi connectivity index (χ3n) is 5.49. The van der Waals surface area contributed by atoms with Crippen LogP contribution in [-0.2, 0) is 0 Å². The van der Waals surface area contributed by atoms with Gasteiger partial charge in [0.25, 0.3) is 0 Å². The monoisotopic (exact) mass is 672 g/mol. The zero-order chi connectivity index (χ0) is 27.9. The van der Waals surface area contributed by atoms with Gasteiger partial charge in [0.15, 0.2) is 11.6 Å². The molecule has 8 nitrogen and oxygen atoms in total. The van der Waals surface area contributed by atoms with E-state index in [9.17, 15) is 0 Å². The van der Waals surface area contributed by atoms with Gasteiger partial charge in [-0.15, -0.1) is 46.4 Å². The van der Waals surface area contributed by atoms with Crippen LogP contribution in [0.3, 0.4) is 0 Å². The Bertz CT molecular complexity index is 1090. The Kier molecular flexibility index (Phi) is 13.9. The van der Waals surface area contributed by atoms with E-state index in [2.05, 4.69) is 56.8 Å². The molecule has 0 spiro atoms. The summed E-state index contributed by atoms with van der Waals surface area (Å²) in [6.07, 6.45) is 4.85. The lowest BCUT2D eigenvalue weighted by atomic mass is 10.2. The van der Waals surface area contributed by atoms with Crippen molar-refractivity contribution in [3.63, 3.8) is 0 Å². The molecule has 0 aliphatic carbocycles. The number of alkyl halides is 4. The summed E-state index contributed by atoms with van der Waals surface area (Å²) in [6, 6.07) is 16.0. The summed E-state index contributed by atoms with van der Waals surface area (Å²) in [5.74, 6) is 3.14. The predicted molar refractivity (Wildman–Crippen MR) is 172 cm³/mol. The van der Waals surface area contributed by atoms with Gasteiger partial charge in [0, 0.05) is 61.1 Å². The van der Waals surface area contributed by atoms with E-state index in [-0.39, 0.29) is 0 Å². The number of aromatic nitrogens is 2. The Morgan fingerprint density at radius 2 is 1.00 bits per heavy atom. The van der Waals surface area contributed by atoms with Crippen LogP contribution in [0.4, 0.5) is 23.0 Å². The van der Waals surface area contributed by atoms with Gasteiger partial charge in [0.05, 0.1) is 12.4 Å². The summed E-state index contributed by atoms with van der Waals surface area (Å²) in [7, 11) is 0. The fourth-order valence-corrected chi connectivity index (χ4v) is 4.75. The van der Waals surface area contributed by atoms with Crippen molar-refractivity contribution in [2.45, 2.75) is 0 Å². The van der Waals surface area contributed by atoms with Gasteiger partial charge in [0.1, 0.15) is 10.8 Å². The summed E-state index contributed by atoms with van der Waals surface area (Å²) in [5, 5.41) is 8.60. The van der Waals surface area contributed by atoms with Crippen LogP contribution in [0.5, 0.6) is 0 Å². The lowest BCUT2D eigenvalue weighted by molar-refractivity contribution is 0.874. The van der Waals surface area contributed by atoms with Gasteiger partial charge in [0.2, 0.25) is 0 Å². The van der Waals surface area contributed by atoms with E-state index >= 15 is 0 Å². The molecule has 0 atom stereocenters. The number of hydrogen-bond donors (Lipinski definition) is 2. The van der Waals surface area contributed by atoms with E-state index in [0.717, 1.165) is 48.7 Å². The van der Waals surface area contributed by atoms with Crippen LogP contribution in [0.25, 0.3) is 0 Å². The summed E-state index contributed by atoms with van der Waals surface area (Å²) in [5.41, 5.74) is 9.85. The molecule has 2 aromatic carbocycles. The zero-order valence-electron chi connectivity index (χ0n) is 21.1. The minimum absolute atomic E-state index is 0.494. The van der Waals surface area contributed by atoms with Crippen molar-refractivity contribution in [2.24, 2.45) is 10.2 Å². The predicted octanol–water partition coefficient (Wildman–Crippen LogP) is 6.70. The van der Waals surface area contributed by atoms with E-state index in [1.165, 1.54) is 6.33 Å². The lowest BCUT2D eigenvalue weighted by Gasteiger charge is -2.22. The normalized spacial score (nSPS) is 11.3. The Hall–Kier alpha value is -2.30. The van der Waals surface area contributed by atoms with Crippen LogP contribution in [-0.4, -0.2) is 72.1 Å². The third-order valence-corrected chi connectivity index (χ3v) is 6.92. The highest BCUT2D eigenvalue weighted by Gasteiger charge is 2.08. The van der Waals surface area contributed by atoms with Gasteiger partial charge in [-0.3, -0.25) is 10.9 Å². The van der Waals surface area contributed by atoms with Gasteiger partial charge < -0.3 is 9.80 Å². The highest BCUT2D eigenvalue weighted by Crippen LogP contribution is 2.26. The first-order valence-corrected chi connectivity index (χ1v) is 15.0. The number of nitrogens with zero attached hydrogens (tertiary/aromatic N) is 6. The molecule has 39 heavy (non-hydrogen) atoms. The second-order valence-corrected chi connectivity index (χ2v) is 10.3. The van der Waals surface area contributed by atoms with Gasteiger partial charge in [-0.2, -0.15) is 10.2 Å². The number of nitrogens with one attached hydrogen (secondary N) is 2. The van der Waals surface area contributed by atoms with Gasteiger partial charge >= 0.3 is 0 Å². The molecule has 0 aliphatic rings. The van der Waals surface area contributed by atoms with E-state index in [1.54, 1.807) is 12.4 Å². The highest BCUT2D eigenvalue weighted by atomic mass is 79.9. The average molecular weight is 675 g/mol. The van der Waals surface area contributed by atoms with Crippen LogP contribution < -0.4 is 20.7 Å². The van der Waals surface area contributed by atoms with Crippen LogP contribution in [0, 0.1) is 0 Å². The van der Waals surface area contributed by atoms with Crippen molar-refractivity contribution in [1.82, 2.24) is 9.97 Å². The molecule has 13 heteroatoms. The molecule has 0 unspecified atom stereocenters. The Morgan fingerprint density at radius 3 is 1.33 bits per heavy atom. The van der Waals surface area contributed by atoms with E-state index < -0.39 is 0 Å². The van der Waals surface area contributed by atoms with Crippen LogP contribution in [0.2, 0.25) is 0 Å². The molecule has 0 fully saturated rings. The topological polar surface area (TPSA) is 81.0 Å². The fourth-order valence-electron chi connectivity index (χ4n) is 3.55. The molecule has 0 bridgehead atoms. The Labute approximate surface area is 257 Å².